The highest BCUT2D eigenvalue weighted by atomic mass is 19.1. The molecule has 1 aromatic rings. The highest BCUT2D eigenvalue weighted by molar-refractivity contribution is 6.20. The van der Waals surface area contributed by atoms with Crippen molar-refractivity contribution >= 4 is 17.6 Å². The molecule has 10 nitrogen and oxygen atoms in total. The summed E-state index contributed by atoms with van der Waals surface area (Å²) in [6.45, 7) is 3.57. The van der Waals surface area contributed by atoms with Gasteiger partial charge in [-0.1, -0.05) is 12.8 Å². The number of piperazine rings is 1. The Morgan fingerprint density at radius 1 is 1.03 bits per heavy atom. The van der Waals surface area contributed by atoms with Crippen LogP contribution in [-0.2, 0) is 14.3 Å². The average molecular weight is 540 g/mol. The second-order valence-electron chi connectivity index (χ2n) is 12.1. The van der Waals surface area contributed by atoms with Gasteiger partial charge in [0.25, 0.3) is 5.91 Å². The summed E-state index contributed by atoms with van der Waals surface area (Å²) in [6.07, 6.45) is 8.66. The molecule has 7 rings (SSSR count). The van der Waals surface area contributed by atoms with Crippen molar-refractivity contribution in [1.82, 2.24) is 24.7 Å². The number of alkyl halides is 1. The Balaban J connectivity index is 1.16. The minimum atomic E-state index is -1.20. The van der Waals surface area contributed by atoms with E-state index in [9.17, 15) is 9.59 Å². The van der Waals surface area contributed by atoms with Crippen LogP contribution in [0.5, 0.6) is 0 Å². The number of carbonyl (C=O) groups excluding carboxylic acids is 2. The molecule has 5 fully saturated rings. The maximum Gasteiger partial charge on any atom is 0.259 e. The Kier molecular flexibility index (Phi) is 6.55. The smallest absolute Gasteiger partial charge is 0.259 e. The maximum absolute atomic E-state index is 16.0. The minimum Gasteiger partial charge on any atom is -0.369 e. The van der Waals surface area contributed by atoms with Gasteiger partial charge in [-0.2, -0.15) is 0 Å². The first-order chi connectivity index (χ1) is 19.0. The third kappa shape index (κ3) is 4.33. The van der Waals surface area contributed by atoms with Crippen LogP contribution >= 0.6 is 0 Å². The molecule has 0 radical (unpaired) electrons. The Morgan fingerprint density at radius 2 is 1.79 bits per heavy atom. The third-order valence-electron chi connectivity index (χ3n) is 9.85. The van der Waals surface area contributed by atoms with Gasteiger partial charge in [-0.05, 0) is 31.7 Å². The number of morpholine rings is 1. The van der Waals surface area contributed by atoms with Crippen molar-refractivity contribution in [3.8, 4) is 0 Å². The highest BCUT2D eigenvalue weighted by Gasteiger charge is 2.60. The van der Waals surface area contributed by atoms with Crippen LogP contribution in [0.2, 0.25) is 0 Å². The Morgan fingerprint density at radius 3 is 2.54 bits per heavy atom. The molecule has 39 heavy (non-hydrogen) atoms. The monoisotopic (exact) mass is 539 g/mol. The summed E-state index contributed by atoms with van der Waals surface area (Å²) in [5, 5.41) is 0. The van der Waals surface area contributed by atoms with Crippen molar-refractivity contribution in [2.24, 2.45) is 11.7 Å². The fraction of sp³-hybridized carbons (Fsp3) is 0.714. The second kappa shape index (κ2) is 10.1. The van der Waals surface area contributed by atoms with Crippen molar-refractivity contribution < 1.29 is 18.7 Å². The van der Waals surface area contributed by atoms with Gasteiger partial charge in [-0.25, -0.2) is 14.4 Å². The van der Waals surface area contributed by atoms with E-state index in [0.717, 1.165) is 38.6 Å². The lowest BCUT2D eigenvalue weighted by molar-refractivity contribution is -0.210. The van der Waals surface area contributed by atoms with Crippen molar-refractivity contribution in [2.45, 2.75) is 81.1 Å². The van der Waals surface area contributed by atoms with Gasteiger partial charge >= 0.3 is 0 Å². The van der Waals surface area contributed by atoms with Crippen LogP contribution in [0.15, 0.2) is 30.2 Å². The zero-order valence-electron chi connectivity index (χ0n) is 22.3. The zero-order chi connectivity index (χ0) is 26.7. The number of fused-ring (bicyclic) bond motifs is 2. The number of ether oxygens (including phenoxy) is 1. The average Bonchev–Trinajstić information content (AvgIpc) is 3.40. The number of hydrogen-bond acceptors (Lipinski definition) is 9. The predicted molar refractivity (Wildman–Crippen MR) is 141 cm³/mol. The normalized spacial score (nSPS) is 38.8. The molecule has 3 saturated heterocycles. The van der Waals surface area contributed by atoms with Crippen molar-refractivity contribution in [3.63, 3.8) is 0 Å². The molecule has 2 saturated carbocycles. The SMILES string of the molecule is NC1CCN(C2C(F)CC3C(=O)C(C(=O)N4CCN(c5ncccn5)CC4)=CN4C5CCCCC5OC2C34)C1. The van der Waals surface area contributed by atoms with Gasteiger partial charge in [0.2, 0.25) is 5.95 Å². The van der Waals surface area contributed by atoms with Crippen molar-refractivity contribution in [3.05, 3.63) is 30.2 Å². The number of Topliss-reactive ketones (excluding diaryl/α,β-unsaturated/α-hetero) is 1. The molecule has 2 aliphatic carbocycles. The topological polar surface area (TPSA) is 108 Å². The molecular weight excluding hydrogens is 501 g/mol. The van der Waals surface area contributed by atoms with Crippen LogP contribution in [0, 0.1) is 5.92 Å². The number of rotatable bonds is 3. The summed E-state index contributed by atoms with van der Waals surface area (Å²) in [5.41, 5.74) is 6.41. The van der Waals surface area contributed by atoms with E-state index in [-0.39, 0.29) is 47.9 Å². The molecule has 1 aromatic heterocycles. The molecular formula is C28H38FN7O3. The number of hydrogen-bond donors (Lipinski definition) is 1. The van der Waals surface area contributed by atoms with Crippen molar-refractivity contribution in [2.75, 3.05) is 44.2 Å². The number of amides is 1. The van der Waals surface area contributed by atoms with E-state index in [1.54, 1.807) is 23.4 Å². The van der Waals surface area contributed by atoms with Gasteiger partial charge in [0.1, 0.15) is 6.17 Å². The molecule has 11 heteroatoms. The lowest BCUT2D eigenvalue weighted by Gasteiger charge is -2.60. The molecule has 6 aliphatic rings. The van der Waals surface area contributed by atoms with Crippen LogP contribution in [0.3, 0.4) is 0 Å². The maximum atomic E-state index is 16.0. The number of aromatic nitrogens is 2. The summed E-state index contributed by atoms with van der Waals surface area (Å²) in [6, 6.07) is 1.29. The summed E-state index contributed by atoms with van der Waals surface area (Å²) >= 11 is 0. The predicted octanol–water partition coefficient (Wildman–Crippen LogP) is 0.732. The zero-order valence-corrected chi connectivity index (χ0v) is 22.3. The van der Waals surface area contributed by atoms with Crippen LogP contribution < -0.4 is 10.6 Å². The standard InChI is InChI=1S/C28H38FN7O3/c29-20-14-18-23-26(24(20)35-9-6-17(30)15-35)39-22-5-2-1-4-21(22)36(23)16-19(25(18)37)27(38)33-10-12-34(13-11-33)28-31-7-3-8-32-28/h3,7-8,16-18,20-24,26H,1-2,4-6,9-15,30H2. The van der Waals surface area contributed by atoms with E-state index >= 15 is 4.39 Å². The first kappa shape index (κ1) is 25.3. The van der Waals surface area contributed by atoms with Crippen LogP contribution in [-0.4, -0.2) is 118 Å². The molecule has 0 bridgehead atoms. The van der Waals surface area contributed by atoms with Gasteiger partial charge in [0, 0.05) is 69.8 Å². The van der Waals surface area contributed by atoms with Crippen LogP contribution in [0.1, 0.15) is 38.5 Å². The molecule has 1 amide bonds. The van der Waals surface area contributed by atoms with Crippen molar-refractivity contribution in [1.29, 1.82) is 0 Å². The summed E-state index contributed by atoms with van der Waals surface area (Å²) in [4.78, 5) is 44.6. The lowest BCUT2D eigenvalue weighted by Crippen LogP contribution is -2.73. The molecule has 8 unspecified atom stereocenters. The van der Waals surface area contributed by atoms with Gasteiger partial charge in [-0.15, -0.1) is 0 Å². The van der Waals surface area contributed by atoms with Gasteiger partial charge in [0.05, 0.1) is 35.9 Å². The fourth-order valence-electron chi connectivity index (χ4n) is 7.97. The lowest BCUT2D eigenvalue weighted by atomic mass is 9.69. The number of halogens is 1. The van der Waals surface area contributed by atoms with Gasteiger partial charge in [-0.3, -0.25) is 14.5 Å². The molecule has 5 heterocycles. The van der Waals surface area contributed by atoms with E-state index in [4.69, 9.17) is 10.5 Å². The number of carbonyl (C=O) groups is 2. The molecule has 4 aliphatic heterocycles. The first-order valence-corrected chi connectivity index (χ1v) is 14.6. The number of nitrogens with two attached hydrogens (primary N) is 1. The number of ketones is 1. The molecule has 2 N–H and O–H groups in total. The summed E-state index contributed by atoms with van der Waals surface area (Å²) < 4.78 is 22.7. The Labute approximate surface area is 228 Å². The van der Waals surface area contributed by atoms with E-state index in [0.29, 0.717) is 38.7 Å². The minimum absolute atomic E-state index is 0.0139. The van der Waals surface area contributed by atoms with E-state index in [1.165, 1.54) is 0 Å². The summed E-state index contributed by atoms with van der Waals surface area (Å²) in [5.74, 6) is -0.404. The van der Waals surface area contributed by atoms with Crippen LogP contribution in [0.25, 0.3) is 0 Å². The van der Waals surface area contributed by atoms with E-state index in [2.05, 4.69) is 24.7 Å². The number of anilines is 1. The number of likely N-dealkylation sites (tertiary alicyclic amines) is 1. The van der Waals surface area contributed by atoms with E-state index < -0.39 is 24.2 Å². The van der Waals surface area contributed by atoms with Crippen LogP contribution in [0.4, 0.5) is 10.3 Å². The van der Waals surface area contributed by atoms with Gasteiger partial charge < -0.3 is 25.2 Å². The number of nitrogens with zero attached hydrogens (tertiary/aromatic N) is 6. The molecule has 8 atom stereocenters. The first-order valence-electron chi connectivity index (χ1n) is 14.6. The fourth-order valence-corrected chi connectivity index (χ4v) is 7.97. The largest absolute Gasteiger partial charge is 0.369 e. The second-order valence-corrected chi connectivity index (χ2v) is 12.1. The van der Waals surface area contributed by atoms with E-state index in [1.807, 2.05) is 6.20 Å². The highest BCUT2D eigenvalue weighted by Crippen LogP contribution is 2.47. The Hall–Kier alpha value is -2.63. The quantitative estimate of drug-likeness (QED) is 0.556. The third-order valence-corrected chi connectivity index (χ3v) is 9.85. The molecule has 0 spiro atoms. The Bertz CT molecular complexity index is 1130. The summed E-state index contributed by atoms with van der Waals surface area (Å²) in [7, 11) is 0. The molecule has 210 valence electrons. The van der Waals surface area contributed by atoms with Gasteiger partial charge in [0.15, 0.2) is 5.78 Å². The molecule has 0 aromatic carbocycles.